The number of ether oxygens (including phenoxy) is 1. The highest BCUT2D eigenvalue weighted by molar-refractivity contribution is 5.99. The SMILES string of the molecule is COc1ccc(C(=O)NC(CC(=O)O)C(C)(C)C)c(N)c1. The Morgan fingerprint density at radius 2 is 2.00 bits per heavy atom. The third-order valence-corrected chi connectivity index (χ3v) is 3.23. The molecule has 0 saturated carbocycles. The van der Waals surface area contributed by atoms with Crippen LogP contribution >= 0.6 is 0 Å². The number of carboxylic acid groups (broad SMARTS) is 1. The van der Waals surface area contributed by atoms with Crippen molar-refractivity contribution < 1.29 is 19.4 Å². The van der Waals surface area contributed by atoms with Gasteiger partial charge in [-0.3, -0.25) is 9.59 Å². The summed E-state index contributed by atoms with van der Waals surface area (Å²) in [5, 5.41) is 11.7. The Kier molecular flexibility index (Phi) is 5.18. The van der Waals surface area contributed by atoms with Gasteiger partial charge in [0.15, 0.2) is 0 Å². The van der Waals surface area contributed by atoms with Gasteiger partial charge in [0.05, 0.1) is 19.1 Å². The van der Waals surface area contributed by atoms with E-state index in [1.165, 1.54) is 7.11 Å². The maximum absolute atomic E-state index is 12.3. The van der Waals surface area contributed by atoms with Crippen molar-refractivity contribution in [3.05, 3.63) is 23.8 Å². The highest BCUT2D eigenvalue weighted by Crippen LogP contribution is 2.24. The third kappa shape index (κ3) is 4.66. The fourth-order valence-corrected chi connectivity index (χ4v) is 1.86. The summed E-state index contributed by atoms with van der Waals surface area (Å²) in [6.07, 6.45) is -0.148. The van der Waals surface area contributed by atoms with E-state index in [2.05, 4.69) is 5.32 Å². The molecule has 1 rings (SSSR count). The molecule has 1 amide bonds. The number of anilines is 1. The summed E-state index contributed by atoms with van der Waals surface area (Å²) in [5.41, 5.74) is 6.04. The summed E-state index contributed by atoms with van der Waals surface area (Å²) in [5.74, 6) is -0.795. The van der Waals surface area contributed by atoms with Crippen molar-refractivity contribution in [1.82, 2.24) is 5.32 Å². The number of carbonyl (C=O) groups is 2. The number of nitrogens with one attached hydrogen (secondary N) is 1. The fraction of sp³-hybridized carbons (Fsp3) is 0.467. The largest absolute Gasteiger partial charge is 0.497 e. The number of carboxylic acids is 1. The number of rotatable bonds is 5. The first kappa shape index (κ1) is 16.8. The molecule has 116 valence electrons. The normalized spacial score (nSPS) is 12.6. The van der Waals surface area contributed by atoms with Crippen molar-refractivity contribution in [2.45, 2.75) is 33.2 Å². The van der Waals surface area contributed by atoms with Gasteiger partial charge in [0, 0.05) is 17.8 Å². The number of carbonyl (C=O) groups excluding carboxylic acids is 1. The summed E-state index contributed by atoms with van der Waals surface area (Å²) >= 11 is 0. The molecule has 0 bridgehead atoms. The van der Waals surface area contributed by atoms with E-state index in [9.17, 15) is 9.59 Å². The van der Waals surface area contributed by atoms with E-state index < -0.39 is 17.9 Å². The number of hydrogen-bond acceptors (Lipinski definition) is 4. The molecule has 1 atom stereocenters. The molecule has 1 unspecified atom stereocenters. The predicted octanol–water partition coefficient (Wildman–Crippen LogP) is 1.90. The van der Waals surface area contributed by atoms with E-state index in [-0.39, 0.29) is 17.5 Å². The Hall–Kier alpha value is -2.24. The highest BCUT2D eigenvalue weighted by atomic mass is 16.5. The van der Waals surface area contributed by atoms with Crippen molar-refractivity contribution in [2.75, 3.05) is 12.8 Å². The van der Waals surface area contributed by atoms with E-state index in [1.807, 2.05) is 20.8 Å². The van der Waals surface area contributed by atoms with Gasteiger partial charge >= 0.3 is 5.97 Å². The van der Waals surface area contributed by atoms with Gasteiger partial charge in [0.25, 0.3) is 5.91 Å². The molecule has 0 fully saturated rings. The van der Waals surface area contributed by atoms with Gasteiger partial charge in [-0.15, -0.1) is 0 Å². The smallest absolute Gasteiger partial charge is 0.305 e. The zero-order valence-electron chi connectivity index (χ0n) is 12.8. The maximum atomic E-state index is 12.3. The molecule has 0 saturated heterocycles. The summed E-state index contributed by atoms with van der Waals surface area (Å²) in [6.45, 7) is 5.62. The van der Waals surface area contributed by atoms with Crippen LogP contribution in [0.2, 0.25) is 0 Å². The number of hydrogen-bond donors (Lipinski definition) is 3. The molecule has 0 heterocycles. The molecule has 0 aliphatic rings. The first-order valence-corrected chi connectivity index (χ1v) is 6.61. The Bertz CT molecular complexity index is 535. The average Bonchev–Trinajstić information content (AvgIpc) is 2.35. The number of methoxy groups -OCH3 is 1. The lowest BCUT2D eigenvalue weighted by atomic mass is 9.84. The lowest BCUT2D eigenvalue weighted by Gasteiger charge is -2.30. The monoisotopic (exact) mass is 294 g/mol. The molecule has 1 aromatic rings. The second-order valence-electron chi connectivity index (χ2n) is 5.94. The molecule has 1 aromatic carbocycles. The topological polar surface area (TPSA) is 102 Å². The predicted molar refractivity (Wildman–Crippen MR) is 80.4 cm³/mol. The highest BCUT2D eigenvalue weighted by Gasteiger charge is 2.29. The molecular weight excluding hydrogens is 272 g/mol. The summed E-state index contributed by atoms with van der Waals surface area (Å²) in [4.78, 5) is 23.2. The van der Waals surface area contributed by atoms with Crippen LogP contribution in [0.15, 0.2) is 18.2 Å². The molecule has 6 heteroatoms. The quantitative estimate of drug-likeness (QED) is 0.720. The minimum absolute atomic E-state index is 0.148. The van der Waals surface area contributed by atoms with Crippen LogP contribution in [0.1, 0.15) is 37.6 Å². The Balaban J connectivity index is 2.94. The van der Waals surface area contributed by atoms with Crippen molar-refractivity contribution in [3.63, 3.8) is 0 Å². The molecule has 0 aliphatic carbocycles. The number of benzene rings is 1. The second-order valence-corrected chi connectivity index (χ2v) is 5.94. The summed E-state index contributed by atoms with van der Waals surface area (Å²) in [7, 11) is 1.51. The molecule has 21 heavy (non-hydrogen) atoms. The summed E-state index contributed by atoms with van der Waals surface area (Å²) < 4.78 is 5.03. The van der Waals surface area contributed by atoms with Crippen LogP contribution in [-0.4, -0.2) is 30.1 Å². The van der Waals surface area contributed by atoms with Crippen molar-refractivity contribution >= 4 is 17.6 Å². The lowest BCUT2D eigenvalue weighted by Crippen LogP contribution is -2.45. The van der Waals surface area contributed by atoms with E-state index >= 15 is 0 Å². The van der Waals surface area contributed by atoms with Gasteiger partial charge in [0.2, 0.25) is 0 Å². The number of nitrogens with two attached hydrogens (primary N) is 1. The van der Waals surface area contributed by atoms with Gasteiger partial charge in [-0.25, -0.2) is 0 Å². The number of nitrogen functional groups attached to an aromatic ring is 1. The van der Waals surface area contributed by atoms with Crippen molar-refractivity contribution in [1.29, 1.82) is 0 Å². The Morgan fingerprint density at radius 3 is 2.43 bits per heavy atom. The van der Waals surface area contributed by atoms with Crippen LogP contribution in [0.3, 0.4) is 0 Å². The minimum Gasteiger partial charge on any atom is -0.497 e. The average molecular weight is 294 g/mol. The van der Waals surface area contributed by atoms with E-state index in [0.29, 0.717) is 11.3 Å². The first-order valence-electron chi connectivity index (χ1n) is 6.61. The standard InChI is InChI=1S/C15H22N2O4/c1-15(2,3)12(8-13(18)19)17-14(20)10-6-5-9(21-4)7-11(10)16/h5-7,12H,8,16H2,1-4H3,(H,17,20)(H,18,19). The molecule has 6 nitrogen and oxygen atoms in total. The van der Waals surface area contributed by atoms with E-state index in [4.69, 9.17) is 15.6 Å². The minimum atomic E-state index is -0.960. The Labute approximate surface area is 124 Å². The van der Waals surface area contributed by atoms with E-state index in [1.54, 1.807) is 18.2 Å². The fourth-order valence-electron chi connectivity index (χ4n) is 1.86. The number of aliphatic carboxylic acids is 1. The van der Waals surface area contributed by atoms with Crippen LogP contribution in [0.25, 0.3) is 0 Å². The van der Waals surface area contributed by atoms with Crippen molar-refractivity contribution in [3.8, 4) is 5.75 Å². The Morgan fingerprint density at radius 1 is 1.38 bits per heavy atom. The zero-order valence-corrected chi connectivity index (χ0v) is 12.8. The summed E-state index contributed by atoms with van der Waals surface area (Å²) in [6, 6.07) is 4.25. The number of amides is 1. The maximum Gasteiger partial charge on any atom is 0.305 e. The first-order chi connectivity index (χ1) is 9.65. The molecule has 4 N–H and O–H groups in total. The van der Waals surface area contributed by atoms with Crippen LogP contribution < -0.4 is 15.8 Å². The van der Waals surface area contributed by atoms with Gasteiger partial charge in [-0.05, 0) is 17.5 Å². The molecule has 0 aromatic heterocycles. The van der Waals surface area contributed by atoms with Crippen LogP contribution in [0.5, 0.6) is 5.75 Å². The van der Waals surface area contributed by atoms with Crippen molar-refractivity contribution in [2.24, 2.45) is 5.41 Å². The lowest BCUT2D eigenvalue weighted by molar-refractivity contribution is -0.138. The van der Waals surface area contributed by atoms with Gasteiger partial charge in [0.1, 0.15) is 5.75 Å². The van der Waals surface area contributed by atoms with Gasteiger partial charge < -0.3 is 20.9 Å². The van der Waals surface area contributed by atoms with Crippen LogP contribution in [-0.2, 0) is 4.79 Å². The zero-order chi connectivity index (χ0) is 16.2. The molecule has 0 spiro atoms. The van der Waals surface area contributed by atoms with Crippen LogP contribution in [0, 0.1) is 5.41 Å². The molecular formula is C15H22N2O4. The molecule has 0 aliphatic heterocycles. The third-order valence-electron chi connectivity index (χ3n) is 3.23. The molecule has 0 radical (unpaired) electrons. The van der Waals surface area contributed by atoms with Gasteiger partial charge in [-0.1, -0.05) is 20.8 Å². The van der Waals surface area contributed by atoms with E-state index in [0.717, 1.165) is 0 Å². The second kappa shape index (κ2) is 6.47. The van der Waals surface area contributed by atoms with Crippen LogP contribution in [0.4, 0.5) is 5.69 Å². The van der Waals surface area contributed by atoms with Gasteiger partial charge in [-0.2, -0.15) is 0 Å².